The number of ether oxygens (including phenoxy) is 1. The van der Waals surface area contributed by atoms with Crippen LogP contribution in [0, 0.1) is 0 Å². The molecule has 164 valence electrons. The molecule has 6 nitrogen and oxygen atoms in total. The molecule has 3 aromatic rings. The fraction of sp³-hybridized carbons (Fsp3) is 0.250. The molecule has 1 aliphatic rings. The maximum absolute atomic E-state index is 13.5. The molecular formula is C24H23N3O3S2. The number of esters is 1. The topological polar surface area (TPSA) is 73.6 Å². The fourth-order valence-corrected chi connectivity index (χ4v) is 5.03. The van der Waals surface area contributed by atoms with Gasteiger partial charge in [0.05, 0.1) is 27.9 Å². The van der Waals surface area contributed by atoms with Gasteiger partial charge in [0.15, 0.2) is 4.80 Å². The molecule has 1 unspecified atom stereocenters. The highest BCUT2D eigenvalue weighted by molar-refractivity contribution is 7.98. The molecule has 0 N–H and O–H groups in total. The Morgan fingerprint density at radius 3 is 2.50 bits per heavy atom. The number of allylic oxidation sites excluding steroid dienone is 1. The number of carbonyl (C=O) groups excluding carboxylic acids is 1. The van der Waals surface area contributed by atoms with Gasteiger partial charge in [0, 0.05) is 17.3 Å². The lowest BCUT2D eigenvalue weighted by molar-refractivity contribution is -0.143. The van der Waals surface area contributed by atoms with Crippen LogP contribution < -0.4 is 14.9 Å². The summed E-state index contributed by atoms with van der Waals surface area (Å²) in [5, 5.41) is 0. The predicted octanol–water partition coefficient (Wildman–Crippen LogP) is 3.30. The molecule has 0 aliphatic carbocycles. The van der Waals surface area contributed by atoms with E-state index in [2.05, 4.69) is 9.98 Å². The highest BCUT2D eigenvalue weighted by atomic mass is 32.2. The second-order valence-corrected chi connectivity index (χ2v) is 9.48. The van der Waals surface area contributed by atoms with Gasteiger partial charge >= 0.3 is 5.97 Å². The lowest BCUT2D eigenvalue weighted by Crippen LogP contribution is -2.40. The van der Waals surface area contributed by atoms with Gasteiger partial charge in [-0.1, -0.05) is 23.5 Å². The molecule has 8 heteroatoms. The first-order chi connectivity index (χ1) is 15.4. The lowest BCUT2D eigenvalue weighted by atomic mass is 9.96. The number of benzene rings is 1. The van der Waals surface area contributed by atoms with Gasteiger partial charge in [-0.05, 0) is 68.5 Å². The number of pyridine rings is 1. The Balaban J connectivity index is 1.94. The van der Waals surface area contributed by atoms with Crippen LogP contribution in [0.2, 0.25) is 0 Å². The van der Waals surface area contributed by atoms with Crippen molar-refractivity contribution in [3.63, 3.8) is 0 Å². The van der Waals surface area contributed by atoms with Crippen molar-refractivity contribution < 1.29 is 9.53 Å². The van der Waals surface area contributed by atoms with Crippen LogP contribution in [0.15, 0.2) is 74.7 Å². The van der Waals surface area contributed by atoms with Crippen molar-refractivity contribution in [3.05, 3.63) is 90.9 Å². The van der Waals surface area contributed by atoms with Gasteiger partial charge in [0.25, 0.3) is 5.56 Å². The molecule has 1 aliphatic heterocycles. The van der Waals surface area contributed by atoms with Gasteiger partial charge in [-0.3, -0.25) is 14.3 Å². The van der Waals surface area contributed by atoms with E-state index in [0.717, 1.165) is 16.0 Å². The van der Waals surface area contributed by atoms with Gasteiger partial charge < -0.3 is 4.74 Å². The third-order valence-corrected chi connectivity index (χ3v) is 6.75. The van der Waals surface area contributed by atoms with Crippen molar-refractivity contribution in [3.8, 4) is 0 Å². The average Bonchev–Trinajstić information content (AvgIpc) is 3.07. The molecule has 0 saturated heterocycles. The summed E-state index contributed by atoms with van der Waals surface area (Å²) in [6.07, 6.45) is 6.92. The number of nitrogens with zero attached hydrogens (tertiary/aromatic N) is 3. The Morgan fingerprint density at radius 2 is 1.88 bits per heavy atom. The van der Waals surface area contributed by atoms with E-state index < -0.39 is 12.0 Å². The van der Waals surface area contributed by atoms with Gasteiger partial charge in [-0.2, -0.15) is 0 Å². The summed E-state index contributed by atoms with van der Waals surface area (Å²) in [5.41, 5.74) is 2.47. The van der Waals surface area contributed by atoms with Crippen LogP contribution in [-0.4, -0.2) is 27.9 Å². The Kier molecular flexibility index (Phi) is 6.43. The highest BCUT2D eigenvalue weighted by Gasteiger charge is 2.33. The number of fused-ring (bicyclic) bond motifs is 1. The molecule has 3 heterocycles. The van der Waals surface area contributed by atoms with Crippen molar-refractivity contribution in [1.29, 1.82) is 0 Å². The first-order valence-electron chi connectivity index (χ1n) is 10.2. The zero-order chi connectivity index (χ0) is 22.8. The van der Waals surface area contributed by atoms with Crippen molar-refractivity contribution >= 4 is 35.1 Å². The zero-order valence-electron chi connectivity index (χ0n) is 18.2. The molecule has 4 rings (SSSR count). The van der Waals surface area contributed by atoms with Crippen molar-refractivity contribution in [2.75, 3.05) is 6.26 Å². The maximum Gasteiger partial charge on any atom is 0.338 e. The van der Waals surface area contributed by atoms with Gasteiger partial charge in [0.2, 0.25) is 0 Å². The minimum absolute atomic E-state index is 0.188. The first-order valence-corrected chi connectivity index (χ1v) is 12.2. The molecule has 0 radical (unpaired) electrons. The Hall–Kier alpha value is -2.97. The lowest BCUT2D eigenvalue weighted by Gasteiger charge is -2.25. The SMILES string of the molecule is CSc1ccc(C2C(C(=O)OC(C)C)=C(C)N=c3s/c(=C/c4ccncc4)c(=O)n32)cc1. The zero-order valence-corrected chi connectivity index (χ0v) is 19.9. The van der Waals surface area contributed by atoms with Crippen LogP contribution in [0.4, 0.5) is 0 Å². The Morgan fingerprint density at radius 1 is 1.19 bits per heavy atom. The van der Waals surface area contributed by atoms with E-state index in [1.165, 1.54) is 11.3 Å². The molecule has 2 aromatic heterocycles. The van der Waals surface area contributed by atoms with Gasteiger partial charge in [-0.25, -0.2) is 9.79 Å². The number of aromatic nitrogens is 2. The number of hydrogen-bond acceptors (Lipinski definition) is 7. The normalized spacial score (nSPS) is 16.2. The summed E-state index contributed by atoms with van der Waals surface area (Å²) in [6, 6.07) is 11.0. The largest absolute Gasteiger partial charge is 0.459 e. The monoisotopic (exact) mass is 465 g/mol. The predicted molar refractivity (Wildman–Crippen MR) is 127 cm³/mol. The van der Waals surface area contributed by atoms with Gasteiger partial charge in [0.1, 0.15) is 0 Å². The molecule has 0 fully saturated rings. The number of hydrogen-bond donors (Lipinski definition) is 0. The second kappa shape index (κ2) is 9.26. The van der Waals surface area contributed by atoms with Crippen molar-refractivity contribution in [2.24, 2.45) is 4.99 Å². The van der Waals surface area contributed by atoms with Crippen LogP contribution >= 0.6 is 23.1 Å². The standard InChI is InChI=1S/C24H23N3O3S2/c1-14(2)30-23(29)20-15(3)26-24-27(21(20)17-5-7-18(31-4)8-6-17)22(28)19(32-24)13-16-9-11-25-12-10-16/h5-14,21H,1-4H3/b19-13+. The summed E-state index contributed by atoms with van der Waals surface area (Å²) in [7, 11) is 0. The third-order valence-electron chi connectivity index (χ3n) is 5.02. The number of rotatable bonds is 5. The summed E-state index contributed by atoms with van der Waals surface area (Å²) in [5.74, 6) is -0.455. The molecular weight excluding hydrogens is 442 g/mol. The summed E-state index contributed by atoms with van der Waals surface area (Å²) in [6.45, 7) is 5.40. The van der Waals surface area contributed by atoms with E-state index in [9.17, 15) is 9.59 Å². The minimum Gasteiger partial charge on any atom is -0.459 e. The van der Waals surface area contributed by atoms with Crippen LogP contribution in [0.1, 0.15) is 37.9 Å². The van der Waals surface area contributed by atoms with E-state index in [4.69, 9.17) is 4.74 Å². The van der Waals surface area contributed by atoms with Crippen molar-refractivity contribution in [1.82, 2.24) is 9.55 Å². The number of thiazole rings is 1. The van der Waals surface area contributed by atoms with E-state index in [-0.39, 0.29) is 11.7 Å². The molecule has 0 spiro atoms. The van der Waals surface area contributed by atoms with Crippen LogP contribution in [0.3, 0.4) is 0 Å². The van der Waals surface area contributed by atoms with Crippen molar-refractivity contribution in [2.45, 2.75) is 37.8 Å². The third kappa shape index (κ3) is 4.33. The molecule has 1 atom stereocenters. The first kappa shape index (κ1) is 22.2. The molecule has 0 bridgehead atoms. The van der Waals surface area contributed by atoms with E-state index in [1.54, 1.807) is 49.5 Å². The Bertz CT molecular complexity index is 1350. The highest BCUT2D eigenvalue weighted by Crippen LogP contribution is 2.31. The quantitative estimate of drug-likeness (QED) is 0.427. The average molecular weight is 466 g/mol. The molecule has 0 amide bonds. The summed E-state index contributed by atoms with van der Waals surface area (Å²) in [4.78, 5) is 36.9. The van der Waals surface area contributed by atoms with Crippen LogP contribution in [0.25, 0.3) is 6.08 Å². The number of thioether (sulfide) groups is 1. The number of carbonyl (C=O) groups is 1. The summed E-state index contributed by atoms with van der Waals surface area (Å²) < 4.78 is 7.68. The summed E-state index contributed by atoms with van der Waals surface area (Å²) >= 11 is 2.95. The molecule has 0 saturated carbocycles. The smallest absolute Gasteiger partial charge is 0.338 e. The minimum atomic E-state index is -0.604. The van der Waals surface area contributed by atoms with Crippen LogP contribution in [-0.2, 0) is 9.53 Å². The van der Waals surface area contributed by atoms with E-state index in [0.29, 0.717) is 20.6 Å². The Labute approximate surface area is 194 Å². The maximum atomic E-state index is 13.5. The van der Waals surface area contributed by atoms with E-state index in [1.807, 2.05) is 48.7 Å². The van der Waals surface area contributed by atoms with Gasteiger partial charge in [-0.15, -0.1) is 11.8 Å². The molecule has 32 heavy (non-hydrogen) atoms. The van der Waals surface area contributed by atoms with Crippen LogP contribution in [0.5, 0.6) is 0 Å². The van der Waals surface area contributed by atoms with E-state index >= 15 is 0 Å². The second-order valence-electron chi connectivity index (χ2n) is 7.59. The molecule has 1 aromatic carbocycles. The fourth-order valence-electron chi connectivity index (χ4n) is 3.57.